The van der Waals surface area contributed by atoms with Crippen LogP contribution in [0.3, 0.4) is 0 Å². The number of rotatable bonds is 8. The third-order valence-corrected chi connectivity index (χ3v) is 8.01. The Balaban J connectivity index is 1.26. The predicted octanol–water partition coefficient (Wildman–Crippen LogP) is 3.93. The van der Waals surface area contributed by atoms with Gasteiger partial charge in [0.25, 0.3) is 0 Å². The van der Waals surface area contributed by atoms with E-state index in [2.05, 4.69) is 48.8 Å². The van der Waals surface area contributed by atoms with Crippen molar-refractivity contribution < 1.29 is 9.90 Å². The summed E-state index contributed by atoms with van der Waals surface area (Å²) < 4.78 is 3.77. The molecule has 0 saturated carbocycles. The number of ketones is 1. The highest BCUT2D eigenvalue weighted by atomic mass is 16.3. The van der Waals surface area contributed by atoms with Gasteiger partial charge in [-0.25, -0.2) is 14.6 Å². The first-order valence-electron chi connectivity index (χ1n) is 14.4. The Morgan fingerprint density at radius 1 is 1.20 bits per heavy atom. The number of benzene rings is 1. The molecule has 0 saturated heterocycles. The maximum Gasteiger partial charge on any atom is 0.227 e. The molecule has 6 rings (SSSR count). The average Bonchev–Trinajstić information content (AvgIpc) is 3.68. The number of fused-ring (bicyclic) bond motifs is 2. The topological polar surface area (TPSA) is 127 Å². The lowest BCUT2D eigenvalue weighted by Gasteiger charge is -2.19. The Bertz CT molecular complexity index is 1550. The molecule has 0 aliphatic carbocycles. The molecule has 1 atom stereocenters. The lowest BCUT2D eigenvalue weighted by atomic mass is 9.87. The maximum absolute atomic E-state index is 13.3. The van der Waals surface area contributed by atoms with Gasteiger partial charge in [0.05, 0.1) is 41.6 Å². The van der Waals surface area contributed by atoms with E-state index in [1.807, 2.05) is 37.7 Å². The third kappa shape index (κ3) is 5.77. The molecular weight excluding hydrogens is 518 g/mol. The van der Waals surface area contributed by atoms with Crippen LogP contribution >= 0.6 is 0 Å². The van der Waals surface area contributed by atoms with Crippen LogP contribution in [0.4, 0.5) is 11.6 Å². The van der Waals surface area contributed by atoms with E-state index in [0.29, 0.717) is 31.2 Å². The molecule has 41 heavy (non-hydrogen) atoms. The first-order chi connectivity index (χ1) is 19.8. The molecule has 0 bridgehead atoms. The van der Waals surface area contributed by atoms with Crippen molar-refractivity contribution in [1.29, 1.82) is 0 Å². The van der Waals surface area contributed by atoms with Crippen LogP contribution in [0.15, 0.2) is 42.9 Å². The minimum absolute atomic E-state index is 0.00528. The Morgan fingerprint density at radius 3 is 2.88 bits per heavy atom. The summed E-state index contributed by atoms with van der Waals surface area (Å²) in [7, 11) is 0. The molecular formula is C30H37N9O2. The number of aryl methyl sites for hydroxylation is 1. The van der Waals surface area contributed by atoms with E-state index >= 15 is 0 Å². The zero-order chi connectivity index (χ0) is 28.6. The quantitative estimate of drug-likeness (QED) is 0.311. The van der Waals surface area contributed by atoms with Crippen molar-refractivity contribution in [1.82, 2.24) is 39.6 Å². The van der Waals surface area contributed by atoms with Gasteiger partial charge in [0.2, 0.25) is 5.95 Å². The van der Waals surface area contributed by atoms with Gasteiger partial charge in [-0.15, -0.1) is 5.10 Å². The van der Waals surface area contributed by atoms with Crippen LogP contribution in [0, 0.1) is 0 Å². The Morgan fingerprint density at radius 2 is 2.07 bits per heavy atom. The number of carbonyl (C=O) groups is 1. The first kappa shape index (κ1) is 27.2. The van der Waals surface area contributed by atoms with Crippen LogP contribution in [-0.2, 0) is 25.0 Å². The van der Waals surface area contributed by atoms with Crippen molar-refractivity contribution in [2.75, 3.05) is 25.0 Å². The van der Waals surface area contributed by atoms with Gasteiger partial charge < -0.3 is 10.4 Å². The highest BCUT2D eigenvalue weighted by Crippen LogP contribution is 2.35. The number of Topliss-reactive ketones (excluding diaryl/α,β-unsaturated/α-hetero) is 1. The third-order valence-electron chi connectivity index (χ3n) is 8.01. The van der Waals surface area contributed by atoms with Crippen molar-refractivity contribution in [3.05, 3.63) is 65.4 Å². The summed E-state index contributed by atoms with van der Waals surface area (Å²) in [4.78, 5) is 24.8. The second-order valence-electron chi connectivity index (χ2n) is 12.0. The van der Waals surface area contributed by atoms with Crippen LogP contribution in [-0.4, -0.2) is 70.2 Å². The average molecular weight is 556 g/mol. The Labute approximate surface area is 239 Å². The fourth-order valence-corrected chi connectivity index (χ4v) is 5.77. The molecule has 4 aromatic rings. The summed E-state index contributed by atoms with van der Waals surface area (Å²) in [6.45, 7) is 9.23. The standard InChI is InChI=1S/C30H37N9O2/c1-30(2,3)39-19-26(35-36-39)28(41)16-20-9-12-37(13-14-40)18-22-15-21(6-7-23(20)22)24-8-10-31-29(33-24)34-25-17-32-38-11-4-5-27(25)38/h6-8,10,15,17,19-20,40H,4-5,9,11-14,16,18H2,1-3H3,(H,31,33,34)/t20-/m0/s1. The molecule has 11 nitrogen and oxygen atoms in total. The van der Waals surface area contributed by atoms with Gasteiger partial charge >= 0.3 is 0 Å². The van der Waals surface area contributed by atoms with Crippen LogP contribution < -0.4 is 5.32 Å². The van der Waals surface area contributed by atoms with Crippen LogP contribution in [0.2, 0.25) is 0 Å². The lowest BCUT2D eigenvalue weighted by Crippen LogP contribution is -2.26. The summed E-state index contributed by atoms with van der Waals surface area (Å²) >= 11 is 0. The van der Waals surface area contributed by atoms with Crippen molar-refractivity contribution in [2.45, 2.75) is 71.0 Å². The van der Waals surface area contributed by atoms with Gasteiger partial charge in [-0.1, -0.05) is 17.3 Å². The number of β-amino-alcohol motifs (C(OH)–C–C–N with tert-alkyl or cyclic N) is 1. The molecule has 0 spiro atoms. The van der Waals surface area contributed by atoms with Gasteiger partial charge in [0.1, 0.15) is 5.69 Å². The maximum atomic E-state index is 13.3. The largest absolute Gasteiger partial charge is 0.395 e. The number of aliphatic hydroxyl groups excluding tert-OH is 1. The van der Waals surface area contributed by atoms with Crippen molar-refractivity contribution in [3.8, 4) is 11.3 Å². The fraction of sp³-hybridized carbons (Fsp3) is 0.467. The highest BCUT2D eigenvalue weighted by Gasteiger charge is 2.27. The molecule has 0 unspecified atom stereocenters. The van der Waals surface area contributed by atoms with Crippen LogP contribution in [0.25, 0.3) is 11.3 Å². The molecule has 2 aliphatic heterocycles. The predicted molar refractivity (Wildman–Crippen MR) is 155 cm³/mol. The van der Waals surface area contributed by atoms with E-state index in [9.17, 15) is 9.90 Å². The molecule has 2 aliphatic rings. The summed E-state index contributed by atoms with van der Waals surface area (Å²) in [6.07, 6.45) is 8.64. The number of hydrogen-bond acceptors (Lipinski definition) is 9. The van der Waals surface area contributed by atoms with E-state index in [1.165, 1.54) is 5.69 Å². The summed E-state index contributed by atoms with van der Waals surface area (Å²) in [5, 5.41) is 25.8. The zero-order valence-electron chi connectivity index (χ0n) is 23.9. The smallest absolute Gasteiger partial charge is 0.227 e. The van der Waals surface area contributed by atoms with Gasteiger partial charge in [-0.3, -0.25) is 14.4 Å². The normalized spacial score (nSPS) is 17.2. The number of nitrogens with one attached hydrogen (secondary N) is 1. The van der Waals surface area contributed by atoms with Crippen LogP contribution in [0.5, 0.6) is 0 Å². The molecule has 0 amide bonds. The Kier molecular flexibility index (Phi) is 7.39. The SMILES string of the molecule is CC(C)(C)n1cc(C(=O)C[C@@H]2CCN(CCO)Cc3cc(-c4ccnc(Nc5cnn6c5CCC6)n4)ccc32)nn1. The molecule has 0 fully saturated rings. The van der Waals surface area contributed by atoms with E-state index in [0.717, 1.165) is 60.4 Å². The summed E-state index contributed by atoms with van der Waals surface area (Å²) in [6, 6.07) is 8.30. The summed E-state index contributed by atoms with van der Waals surface area (Å²) in [5.74, 6) is 0.574. The first-order valence-corrected chi connectivity index (χ1v) is 14.4. The van der Waals surface area contributed by atoms with Gasteiger partial charge in [0, 0.05) is 37.8 Å². The molecule has 3 aromatic heterocycles. The zero-order valence-corrected chi connectivity index (χ0v) is 23.9. The second-order valence-corrected chi connectivity index (χ2v) is 12.0. The number of aliphatic hydroxyl groups is 1. The van der Waals surface area contributed by atoms with Gasteiger partial charge in [-0.05, 0) is 75.8 Å². The number of carbonyl (C=O) groups excluding carboxylic acids is 1. The molecule has 11 heteroatoms. The molecule has 0 radical (unpaired) electrons. The minimum Gasteiger partial charge on any atom is -0.395 e. The molecule has 2 N–H and O–H groups in total. The van der Waals surface area contributed by atoms with Crippen molar-refractivity contribution >= 4 is 17.4 Å². The molecule has 214 valence electrons. The van der Waals surface area contributed by atoms with E-state index in [1.54, 1.807) is 17.1 Å². The van der Waals surface area contributed by atoms with Crippen LogP contribution in [0.1, 0.15) is 73.3 Å². The highest BCUT2D eigenvalue weighted by molar-refractivity contribution is 5.94. The number of anilines is 2. The summed E-state index contributed by atoms with van der Waals surface area (Å²) in [5.41, 5.74) is 6.42. The van der Waals surface area contributed by atoms with Crippen molar-refractivity contribution in [2.24, 2.45) is 0 Å². The minimum atomic E-state index is -0.239. The van der Waals surface area contributed by atoms with Gasteiger partial charge in [-0.2, -0.15) is 5.10 Å². The molecule has 5 heterocycles. The fourth-order valence-electron chi connectivity index (χ4n) is 5.77. The monoisotopic (exact) mass is 555 g/mol. The Hall–Kier alpha value is -3.96. The van der Waals surface area contributed by atoms with E-state index < -0.39 is 0 Å². The number of aromatic nitrogens is 7. The van der Waals surface area contributed by atoms with Gasteiger partial charge in [0.15, 0.2) is 5.78 Å². The number of nitrogens with zero attached hydrogens (tertiary/aromatic N) is 8. The van der Waals surface area contributed by atoms with E-state index in [4.69, 9.17) is 4.98 Å². The molecule has 1 aromatic carbocycles. The lowest BCUT2D eigenvalue weighted by molar-refractivity contribution is 0.0965. The number of hydrogen-bond donors (Lipinski definition) is 2. The van der Waals surface area contributed by atoms with Crippen molar-refractivity contribution in [3.63, 3.8) is 0 Å². The second kappa shape index (κ2) is 11.1. The van der Waals surface area contributed by atoms with E-state index in [-0.39, 0.29) is 23.8 Å².